The summed E-state index contributed by atoms with van der Waals surface area (Å²) in [4.78, 5) is 32.1. The van der Waals surface area contributed by atoms with Crippen molar-refractivity contribution in [1.82, 2.24) is 4.57 Å². The van der Waals surface area contributed by atoms with Crippen LogP contribution in [-0.2, 0) is 16.1 Å². The molecule has 1 atom stereocenters. The maximum absolute atomic E-state index is 13.9. The van der Waals surface area contributed by atoms with Crippen LogP contribution < -0.4 is 24.4 Å². The zero-order valence-corrected chi connectivity index (χ0v) is 24.9. The molecule has 7 nitrogen and oxygen atoms in total. The minimum Gasteiger partial charge on any atom is -0.493 e. The number of carbonyl (C=O) groups is 1. The van der Waals surface area contributed by atoms with Crippen molar-refractivity contribution in [1.29, 1.82) is 0 Å². The van der Waals surface area contributed by atoms with Crippen LogP contribution >= 0.6 is 11.3 Å². The molecule has 1 aliphatic rings. The van der Waals surface area contributed by atoms with Crippen LogP contribution in [0.5, 0.6) is 11.5 Å². The SMILES string of the molecule is CCOC(=O)C1=C(C)N=c2s/c(=C\c3ccc(OCc4cccc5ccccc45)c(OC)c3)c(=O)n2[C@@H]1c1ccccc1. The third-order valence-corrected chi connectivity index (χ3v) is 8.36. The number of methoxy groups -OCH3 is 1. The van der Waals surface area contributed by atoms with Crippen molar-refractivity contribution in [3.8, 4) is 11.5 Å². The van der Waals surface area contributed by atoms with Gasteiger partial charge >= 0.3 is 5.97 Å². The number of hydrogen-bond donors (Lipinski definition) is 0. The Morgan fingerprint density at radius 1 is 0.977 bits per heavy atom. The topological polar surface area (TPSA) is 79.1 Å². The van der Waals surface area contributed by atoms with Gasteiger partial charge in [-0.15, -0.1) is 0 Å². The first kappa shape index (κ1) is 28.2. The fourth-order valence-corrected chi connectivity index (χ4v) is 6.41. The van der Waals surface area contributed by atoms with Crippen molar-refractivity contribution < 1.29 is 19.0 Å². The molecule has 0 amide bonds. The summed E-state index contributed by atoms with van der Waals surface area (Å²) in [7, 11) is 1.59. The summed E-state index contributed by atoms with van der Waals surface area (Å²) in [6.45, 7) is 4.15. The van der Waals surface area contributed by atoms with E-state index in [0.29, 0.717) is 38.7 Å². The van der Waals surface area contributed by atoms with Gasteiger partial charge < -0.3 is 14.2 Å². The Bertz CT molecular complexity index is 2040. The molecule has 0 fully saturated rings. The molecule has 43 heavy (non-hydrogen) atoms. The van der Waals surface area contributed by atoms with Crippen LogP contribution in [0.2, 0.25) is 0 Å². The Kier molecular flexibility index (Phi) is 7.94. The number of aromatic nitrogens is 1. The Morgan fingerprint density at radius 2 is 1.74 bits per heavy atom. The molecule has 4 aromatic carbocycles. The molecule has 6 rings (SSSR count). The van der Waals surface area contributed by atoms with E-state index in [1.165, 1.54) is 11.3 Å². The van der Waals surface area contributed by atoms with Gasteiger partial charge in [-0.3, -0.25) is 9.36 Å². The Morgan fingerprint density at radius 3 is 2.53 bits per heavy atom. The predicted molar refractivity (Wildman–Crippen MR) is 168 cm³/mol. The van der Waals surface area contributed by atoms with Gasteiger partial charge in [0.05, 0.1) is 35.6 Å². The third-order valence-electron chi connectivity index (χ3n) is 7.38. The molecule has 8 heteroatoms. The number of benzene rings is 4. The number of fused-ring (bicyclic) bond motifs is 2. The van der Waals surface area contributed by atoms with Crippen molar-refractivity contribution in [2.24, 2.45) is 4.99 Å². The molecular weight excluding hydrogens is 560 g/mol. The fraction of sp³-hybridized carbons (Fsp3) is 0.171. The molecule has 5 aromatic rings. The Labute approximate surface area is 252 Å². The highest BCUT2D eigenvalue weighted by atomic mass is 32.1. The lowest BCUT2D eigenvalue weighted by molar-refractivity contribution is -0.139. The van der Waals surface area contributed by atoms with Crippen LogP contribution in [0, 0.1) is 0 Å². The molecule has 1 aliphatic heterocycles. The van der Waals surface area contributed by atoms with Crippen LogP contribution in [0.3, 0.4) is 0 Å². The summed E-state index contributed by atoms with van der Waals surface area (Å²) in [5.41, 5.74) is 3.33. The molecule has 0 saturated heterocycles. The van der Waals surface area contributed by atoms with Crippen molar-refractivity contribution >= 4 is 34.2 Å². The molecule has 0 N–H and O–H groups in total. The minimum atomic E-state index is -0.641. The number of hydrogen-bond acceptors (Lipinski definition) is 7. The van der Waals surface area contributed by atoms with Crippen LogP contribution in [-0.4, -0.2) is 24.3 Å². The lowest BCUT2D eigenvalue weighted by Gasteiger charge is -2.24. The van der Waals surface area contributed by atoms with Crippen LogP contribution in [0.1, 0.15) is 36.6 Å². The van der Waals surface area contributed by atoms with E-state index in [0.717, 1.165) is 27.5 Å². The number of carbonyl (C=O) groups excluding carboxylic acids is 1. The molecule has 0 saturated carbocycles. The zero-order valence-electron chi connectivity index (χ0n) is 24.1. The van der Waals surface area contributed by atoms with E-state index >= 15 is 0 Å². The normalized spacial score (nSPS) is 14.8. The quantitative estimate of drug-likeness (QED) is 0.222. The predicted octanol–water partition coefficient (Wildman–Crippen LogP) is 5.54. The van der Waals surface area contributed by atoms with Gasteiger partial charge in [0.25, 0.3) is 5.56 Å². The number of ether oxygens (including phenoxy) is 3. The largest absolute Gasteiger partial charge is 0.493 e. The molecule has 0 unspecified atom stereocenters. The van der Waals surface area contributed by atoms with E-state index < -0.39 is 12.0 Å². The number of nitrogens with zero attached hydrogens (tertiary/aromatic N) is 2. The third kappa shape index (κ3) is 5.49. The lowest BCUT2D eigenvalue weighted by Crippen LogP contribution is -2.39. The molecule has 216 valence electrons. The summed E-state index contributed by atoms with van der Waals surface area (Å²) in [5, 5.41) is 2.30. The van der Waals surface area contributed by atoms with Crippen molar-refractivity contribution in [2.75, 3.05) is 13.7 Å². The Balaban J connectivity index is 1.36. The second-order valence-electron chi connectivity index (χ2n) is 10.1. The molecule has 0 spiro atoms. The molecule has 0 bridgehead atoms. The summed E-state index contributed by atoms with van der Waals surface area (Å²) in [5.74, 6) is 0.688. The van der Waals surface area contributed by atoms with Crippen LogP contribution in [0.15, 0.2) is 112 Å². The second-order valence-corrected chi connectivity index (χ2v) is 11.1. The standard InChI is InChI=1S/C35H30N2O5S/c1-4-41-34(39)31-22(2)36-35-37(32(31)25-12-6-5-7-13-25)33(38)30(43-35)20-23-17-18-28(29(19-23)40-3)42-21-26-15-10-14-24-11-8-9-16-27(24)26/h5-20,32H,4,21H2,1-3H3/b30-20-/t32-/m1/s1. The zero-order chi connectivity index (χ0) is 29.9. The minimum absolute atomic E-state index is 0.227. The van der Waals surface area contributed by atoms with Crippen molar-refractivity contribution in [2.45, 2.75) is 26.5 Å². The van der Waals surface area contributed by atoms with Gasteiger partial charge in [-0.25, -0.2) is 9.79 Å². The highest BCUT2D eigenvalue weighted by molar-refractivity contribution is 7.07. The average molecular weight is 591 g/mol. The number of rotatable bonds is 8. The average Bonchev–Trinajstić information content (AvgIpc) is 3.33. The molecule has 1 aromatic heterocycles. The first-order chi connectivity index (χ1) is 21.0. The van der Waals surface area contributed by atoms with Gasteiger partial charge in [-0.2, -0.15) is 0 Å². The smallest absolute Gasteiger partial charge is 0.338 e. The van der Waals surface area contributed by atoms with Gasteiger partial charge in [0.2, 0.25) is 0 Å². The van der Waals surface area contributed by atoms with Crippen molar-refractivity contribution in [3.63, 3.8) is 0 Å². The van der Waals surface area contributed by atoms with Gasteiger partial charge in [0.1, 0.15) is 6.61 Å². The van der Waals surface area contributed by atoms with E-state index in [9.17, 15) is 9.59 Å². The Hall–Kier alpha value is -4.95. The number of allylic oxidation sites excluding steroid dienone is 1. The second kappa shape index (κ2) is 12.1. The first-order valence-corrected chi connectivity index (χ1v) is 14.8. The summed E-state index contributed by atoms with van der Waals surface area (Å²) >= 11 is 1.28. The highest BCUT2D eigenvalue weighted by Crippen LogP contribution is 2.32. The fourth-order valence-electron chi connectivity index (χ4n) is 5.36. The van der Waals surface area contributed by atoms with Gasteiger partial charge in [-0.1, -0.05) is 90.2 Å². The van der Waals surface area contributed by atoms with E-state index in [-0.39, 0.29) is 12.2 Å². The van der Waals surface area contributed by atoms with E-state index in [4.69, 9.17) is 14.2 Å². The lowest BCUT2D eigenvalue weighted by atomic mass is 9.96. The van der Waals surface area contributed by atoms with E-state index in [1.807, 2.05) is 72.8 Å². The van der Waals surface area contributed by atoms with Gasteiger partial charge in [0.15, 0.2) is 16.3 Å². The number of esters is 1. The highest BCUT2D eigenvalue weighted by Gasteiger charge is 2.33. The summed E-state index contributed by atoms with van der Waals surface area (Å²) < 4.78 is 19.3. The summed E-state index contributed by atoms with van der Waals surface area (Å²) in [6.07, 6.45) is 1.81. The molecule has 2 heterocycles. The monoisotopic (exact) mass is 590 g/mol. The van der Waals surface area contributed by atoms with Gasteiger partial charge in [-0.05, 0) is 59.5 Å². The van der Waals surface area contributed by atoms with E-state index in [2.05, 4.69) is 29.3 Å². The molecular formula is C35H30N2O5S. The molecule has 0 aliphatic carbocycles. The van der Waals surface area contributed by atoms with Crippen LogP contribution in [0.25, 0.3) is 16.8 Å². The van der Waals surface area contributed by atoms with Gasteiger partial charge in [0, 0.05) is 0 Å². The maximum atomic E-state index is 13.9. The summed E-state index contributed by atoms with van der Waals surface area (Å²) in [6, 6.07) is 28.8. The maximum Gasteiger partial charge on any atom is 0.338 e. The van der Waals surface area contributed by atoms with E-state index in [1.54, 1.807) is 25.5 Å². The first-order valence-electron chi connectivity index (χ1n) is 14.0. The van der Waals surface area contributed by atoms with Crippen molar-refractivity contribution in [3.05, 3.63) is 139 Å². The number of thiazole rings is 1. The molecule has 0 radical (unpaired) electrons. The van der Waals surface area contributed by atoms with Crippen LogP contribution in [0.4, 0.5) is 0 Å².